The average molecular weight is 766 g/mol. The molecule has 0 bridgehead atoms. The van der Waals surface area contributed by atoms with Crippen molar-refractivity contribution in [3.05, 3.63) is 212 Å². The van der Waals surface area contributed by atoms with Gasteiger partial charge in [-0.15, -0.1) is 0 Å². The fourth-order valence-electron chi connectivity index (χ4n) is 8.95. The van der Waals surface area contributed by atoms with Gasteiger partial charge in [-0.05, 0) is 94.7 Å². The SMILES string of the molecule is c1ccc(-c2nc(-c3ccccc3)nc(-c3ccc(-n4c5ccccc5c5cc(-c6ccc7c(c6)c6c8ccccc8ccc6n7-c6ccccc6)ccc54)cc3)n2)cc1. The Morgan fingerprint density at radius 1 is 0.267 bits per heavy atom. The van der Waals surface area contributed by atoms with Gasteiger partial charge in [0, 0.05) is 49.6 Å². The maximum absolute atomic E-state index is 4.97. The molecule has 5 nitrogen and oxygen atoms in total. The highest BCUT2D eigenvalue weighted by atomic mass is 15.0. The summed E-state index contributed by atoms with van der Waals surface area (Å²) < 4.78 is 4.76. The van der Waals surface area contributed by atoms with Crippen LogP contribution in [0.4, 0.5) is 0 Å². The molecule has 0 unspecified atom stereocenters. The molecule has 0 spiro atoms. The van der Waals surface area contributed by atoms with Gasteiger partial charge in [0.05, 0.1) is 22.1 Å². The first-order chi connectivity index (χ1) is 29.7. The summed E-state index contributed by atoms with van der Waals surface area (Å²) in [6.45, 7) is 0. The van der Waals surface area contributed by atoms with E-state index in [1.807, 2.05) is 60.7 Å². The predicted octanol–water partition coefficient (Wildman–Crippen LogP) is 13.9. The second kappa shape index (κ2) is 13.8. The van der Waals surface area contributed by atoms with Crippen molar-refractivity contribution in [3.8, 4) is 56.7 Å². The van der Waals surface area contributed by atoms with E-state index in [0.717, 1.165) is 39.1 Å². The van der Waals surface area contributed by atoms with E-state index >= 15 is 0 Å². The lowest BCUT2D eigenvalue weighted by molar-refractivity contribution is 1.07. The zero-order valence-corrected chi connectivity index (χ0v) is 32.4. The zero-order valence-electron chi connectivity index (χ0n) is 32.4. The van der Waals surface area contributed by atoms with Crippen LogP contribution in [0.1, 0.15) is 0 Å². The molecule has 3 aromatic heterocycles. The van der Waals surface area contributed by atoms with Crippen LogP contribution in [-0.2, 0) is 0 Å². The van der Waals surface area contributed by atoms with Crippen molar-refractivity contribution in [3.63, 3.8) is 0 Å². The van der Waals surface area contributed by atoms with Crippen LogP contribution in [0.2, 0.25) is 0 Å². The van der Waals surface area contributed by atoms with Crippen molar-refractivity contribution in [2.24, 2.45) is 0 Å². The van der Waals surface area contributed by atoms with Crippen LogP contribution in [0, 0.1) is 0 Å². The molecule has 60 heavy (non-hydrogen) atoms. The molecule has 0 aliphatic heterocycles. The van der Waals surface area contributed by atoms with E-state index < -0.39 is 0 Å². The molecule has 9 aromatic carbocycles. The van der Waals surface area contributed by atoms with Gasteiger partial charge in [0.2, 0.25) is 0 Å². The molecule has 0 saturated carbocycles. The quantitative estimate of drug-likeness (QED) is 0.169. The van der Waals surface area contributed by atoms with Crippen LogP contribution >= 0.6 is 0 Å². The maximum Gasteiger partial charge on any atom is 0.164 e. The molecule has 0 fully saturated rings. The first kappa shape index (κ1) is 33.9. The van der Waals surface area contributed by atoms with Gasteiger partial charge in [0.15, 0.2) is 17.5 Å². The minimum atomic E-state index is 0.637. The van der Waals surface area contributed by atoms with Crippen LogP contribution < -0.4 is 0 Å². The van der Waals surface area contributed by atoms with Crippen LogP contribution in [0.15, 0.2) is 212 Å². The molecule has 0 radical (unpaired) electrons. The third-order valence-corrected chi connectivity index (χ3v) is 11.8. The minimum Gasteiger partial charge on any atom is -0.309 e. The summed E-state index contributed by atoms with van der Waals surface area (Å²) in [7, 11) is 0. The second-order valence-corrected chi connectivity index (χ2v) is 15.3. The molecule has 0 amide bonds. The summed E-state index contributed by atoms with van der Waals surface area (Å²) in [5, 5.41) is 7.45. The molecule has 0 atom stereocenters. The Kier molecular flexibility index (Phi) is 7.78. The lowest BCUT2D eigenvalue weighted by atomic mass is 9.99. The molecule has 12 rings (SSSR count). The van der Waals surface area contributed by atoms with E-state index in [2.05, 4.69) is 161 Å². The van der Waals surface area contributed by atoms with Crippen LogP contribution in [0.3, 0.4) is 0 Å². The summed E-state index contributed by atoms with van der Waals surface area (Å²) >= 11 is 0. The maximum atomic E-state index is 4.97. The lowest BCUT2D eigenvalue weighted by Gasteiger charge is -2.11. The highest BCUT2D eigenvalue weighted by Gasteiger charge is 2.18. The first-order valence-electron chi connectivity index (χ1n) is 20.3. The number of aromatic nitrogens is 5. The Morgan fingerprint density at radius 3 is 1.35 bits per heavy atom. The molecular weight excluding hydrogens is 731 g/mol. The Bertz CT molecular complexity index is 3510. The highest BCUT2D eigenvalue weighted by molar-refractivity contribution is 6.22. The van der Waals surface area contributed by atoms with Crippen LogP contribution in [-0.4, -0.2) is 24.1 Å². The molecule has 3 heterocycles. The van der Waals surface area contributed by atoms with Crippen molar-refractivity contribution in [2.75, 3.05) is 0 Å². The number of hydrogen-bond donors (Lipinski definition) is 0. The van der Waals surface area contributed by atoms with Crippen molar-refractivity contribution in [1.29, 1.82) is 0 Å². The minimum absolute atomic E-state index is 0.637. The number of nitrogens with zero attached hydrogens (tertiary/aromatic N) is 5. The normalized spacial score (nSPS) is 11.7. The summed E-state index contributed by atoms with van der Waals surface area (Å²) in [6.07, 6.45) is 0. The number of hydrogen-bond acceptors (Lipinski definition) is 3. The fraction of sp³-hybridized carbons (Fsp3) is 0. The van der Waals surface area contributed by atoms with E-state index in [0.29, 0.717) is 17.5 Å². The van der Waals surface area contributed by atoms with E-state index in [4.69, 9.17) is 15.0 Å². The molecule has 280 valence electrons. The van der Waals surface area contributed by atoms with Gasteiger partial charge in [-0.3, -0.25) is 0 Å². The molecular formula is C55H35N5. The topological polar surface area (TPSA) is 48.5 Å². The van der Waals surface area contributed by atoms with Crippen molar-refractivity contribution >= 4 is 54.4 Å². The molecule has 0 aliphatic rings. The second-order valence-electron chi connectivity index (χ2n) is 15.3. The van der Waals surface area contributed by atoms with E-state index in [9.17, 15) is 0 Å². The molecule has 12 aromatic rings. The first-order valence-corrected chi connectivity index (χ1v) is 20.3. The molecule has 0 saturated heterocycles. The van der Waals surface area contributed by atoms with Crippen molar-refractivity contribution in [1.82, 2.24) is 24.1 Å². The Morgan fingerprint density at radius 2 is 0.700 bits per heavy atom. The molecule has 5 heteroatoms. The fourth-order valence-corrected chi connectivity index (χ4v) is 8.95. The van der Waals surface area contributed by atoms with Crippen molar-refractivity contribution < 1.29 is 0 Å². The zero-order chi connectivity index (χ0) is 39.6. The van der Waals surface area contributed by atoms with Gasteiger partial charge in [0.1, 0.15) is 0 Å². The monoisotopic (exact) mass is 765 g/mol. The van der Waals surface area contributed by atoms with Gasteiger partial charge < -0.3 is 9.13 Å². The van der Waals surface area contributed by atoms with Gasteiger partial charge in [0.25, 0.3) is 0 Å². The van der Waals surface area contributed by atoms with Gasteiger partial charge in [-0.2, -0.15) is 0 Å². The average Bonchev–Trinajstić information content (AvgIpc) is 3.85. The summed E-state index contributed by atoms with van der Waals surface area (Å²) in [6, 6.07) is 75.2. The number of benzene rings is 9. The third-order valence-electron chi connectivity index (χ3n) is 11.8. The largest absolute Gasteiger partial charge is 0.309 e. The Labute approximate surface area is 346 Å². The smallest absolute Gasteiger partial charge is 0.164 e. The Balaban J connectivity index is 0.978. The highest BCUT2D eigenvalue weighted by Crippen LogP contribution is 2.40. The molecule has 0 aliphatic carbocycles. The Hall–Kier alpha value is -8.15. The predicted molar refractivity (Wildman–Crippen MR) is 248 cm³/mol. The van der Waals surface area contributed by atoms with Gasteiger partial charge in [-0.1, -0.05) is 140 Å². The molecule has 0 N–H and O–H groups in total. The van der Waals surface area contributed by atoms with E-state index in [1.165, 1.54) is 54.5 Å². The van der Waals surface area contributed by atoms with E-state index in [1.54, 1.807) is 0 Å². The number of fused-ring (bicyclic) bond motifs is 8. The van der Waals surface area contributed by atoms with Crippen LogP contribution in [0.5, 0.6) is 0 Å². The van der Waals surface area contributed by atoms with Crippen molar-refractivity contribution in [2.45, 2.75) is 0 Å². The summed E-state index contributed by atoms with van der Waals surface area (Å²) in [5.41, 5.74) is 12.1. The number of para-hydroxylation sites is 2. The van der Waals surface area contributed by atoms with E-state index in [-0.39, 0.29) is 0 Å². The number of rotatable bonds is 6. The van der Waals surface area contributed by atoms with Gasteiger partial charge in [-0.25, -0.2) is 15.0 Å². The van der Waals surface area contributed by atoms with Gasteiger partial charge >= 0.3 is 0 Å². The lowest BCUT2D eigenvalue weighted by Crippen LogP contribution is -2.00. The standard InChI is InChI=1S/C55H35N5/c1-4-15-37(16-5-1)53-56-54(38-17-6-2-7-18-38)58-55(57-53)39-24-29-43(30-25-39)59-48-23-13-12-22-45(48)46-34-40(27-31-49(46)59)41-28-32-50-47(35-41)52-44-21-11-10-14-36(44)26-33-51(52)60(50)42-19-8-3-9-20-42/h1-35H. The third kappa shape index (κ3) is 5.52. The summed E-state index contributed by atoms with van der Waals surface area (Å²) in [4.78, 5) is 14.8. The summed E-state index contributed by atoms with van der Waals surface area (Å²) in [5.74, 6) is 1.94. The van der Waals surface area contributed by atoms with Crippen LogP contribution in [0.25, 0.3) is 111 Å².